The SMILES string of the molecule is COc1ccc(CN2C(=O)C(=O)[C@@H]2c2ccco2)cc1. The minimum atomic E-state index is -0.598. The van der Waals surface area contributed by atoms with Crippen LogP contribution in [0.5, 0.6) is 5.75 Å². The molecule has 20 heavy (non-hydrogen) atoms. The van der Waals surface area contributed by atoms with E-state index in [1.807, 2.05) is 24.3 Å². The van der Waals surface area contributed by atoms with E-state index in [0.29, 0.717) is 12.3 Å². The molecule has 0 saturated carbocycles. The minimum Gasteiger partial charge on any atom is -0.497 e. The zero-order chi connectivity index (χ0) is 14.1. The largest absolute Gasteiger partial charge is 0.497 e. The highest BCUT2D eigenvalue weighted by molar-refractivity contribution is 6.44. The molecule has 1 atom stereocenters. The van der Waals surface area contributed by atoms with Crippen LogP contribution in [0.4, 0.5) is 0 Å². The third-order valence-electron chi connectivity index (χ3n) is 3.36. The molecule has 0 radical (unpaired) electrons. The van der Waals surface area contributed by atoms with Crippen molar-refractivity contribution in [1.82, 2.24) is 4.90 Å². The lowest BCUT2D eigenvalue weighted by molar-refractivity contribution is -0.163. The van der Waals surface area contributed by atoms with E-state index in [-0.39, 0.29) is 0 Å². The molecule has 1 aliphatic rings. The minimum absolute atomic E-state index is 0.375. The van der Waals surface area contributed by atoms with Crippen molar-refractivity contribution < 1.29 is 18.7 Å². The summed E-state index contributed by atoms with van der Waals surface area (Å²) < 4.78 is 10.3. The summed E-state index contributed by atoms with van der Waals surface area (Å²) in [5, 5.41) is 0. The number of ketones is 1. The molecule has 2 aromatic rings. The number of methoxy groups -OCH3 is 1. The van der Waals surface area contributed by atoms with Crippen molar-refractivity contribution in [3.05, 3.63) is 54.0 Å². The van der Waals surface area contributed by atoms with Gasteiger partial charge in [0, 0.05) is 6.54 Å². The molecule has 0 unspecified atom stereocenters. The normalized spacial score (nSPS) is 18.1. The van der Waals surface area contributed by atoms with Crippen LogP contribution in [-0.2, 0) is 16.1 Å². The Labute approximate surface area is 115 Å². The molecule has 2 heterocycles. The number of Topliss-reactive ketones (excluding diaryl/α,β-unsaturated/α-hetero) is 1. The van der Waals surface area contributed by atoms with Gasteiger partial charge in [-0.05, 0) is 29.8 Å². The maximum Gasteiger partial charge on any atom is 0.294 e. The van der Waals surface area contributed by atoms with E-state index in [9.17, 15) is 9.59 Å². The molecule has 0 spiro atoms. The number of likely N-dealkylation sites (tertiary alicyclic amines) is 1. The number of amides is 1. The van der Waals surface area contributed by atoms with Gasteiger partial charge in [-0.25, -0.2) is 0 Å². The van der Waals surface area contributed by atoms with Crippen molar-refractivity contribution in [1.29, 1.82) is 0 Å². The Balaban J connectivity index is 1.78. The number of nitrogens with zero attached hydrogens (tertiary/aromatic N) is 1. The molecule has 3 rings (SSSR count). The smallest absolute Gasteiger partial charge is 0.294 e. The van der Waals surface area contributed by atoms with Crippen LogP contribution in [-0.4, -0.2) is 23.7 Å². The van der Waals surface area contributed by atoms with E-state index >= 15 is 0 Å². The highest BCUT2D eigenvalue weighted by Gasteiger charge is 2.48. The van der Waals surface area contributed by atoms with E-state index in [1.165, 1.54) is 11.2 Å². The van der Waals surface area contributed by atoms with E-state index < -0.39 is 17.7 Å². The first-order chi connectivity index (χ1) is 9.70. The summed E-state index contributed by atoms with van der Waals surface area (Å²) in [5.74, 6) is 0.362. The molecular formula is C15H13NO4. The van der Waals surface area contributed by atoms with E-state index in [2.05, 4.69) is 0 Å². The lowest BCUT2D eigenvalue weighted by Crippen LogP contribution is -2.54. The van der Waals surface area contributed by atoms with Gasteiger partial charge in [0.2, 0.25) is 5.78 Å². The quantitative estimate of drug-likeness (QED) is 0.630. The summed E-state index contributed by atoms with van der Waals surface area (Å²) in [5.41, 5.74) is 0.934. The molecule has 1 aromatic heterocycles. The summed E-state index contributed by atoms with van der Waals surface area (Å²) in [6, 6.07) is 10.2. The summed E-state index contributed by atoms with van der Waals surface area (Å²) in [6.45, 7) is 0.375. The molecule has 1 amide bonds. The van der Waals surface area contributed by atoms with Crippen LogP contribution < -0.4 is 4.74 Å². The Morgan fingerprint density at radius 3 is 2.55 bits per heavy atom. The van der Waals surface area contributed by atoms with Gasteiger partial charge in [-0.3, -0.25) is 9.59 Å². The van der Waals surface area contributed by atoms with Crippen LogP contribution in [0.25, 0.3) is 0 Å². The Bertz CT molecular complexity index is 630. The van der Waals surface area contributed by atoms with Gasteiger partial charge in [-0.1, -0.05) is 12.1 Å². The molecule has 0 aliphatic carbocycles. The topological polar surface area (TPSA) is 59.8 Å². The number of carbonyl (C=O) groups excluding carboxylic acids is 2. The first-order valence-corrected chi connectivity index (χ1v) is 6.22. The third-order valence-corrected chi connectivity index (χ3v) is 3.36. The molecule has 1 fully saturated rings. The van der Waals surface area contributed by atoms with Crippen molar-refractivity contribution in [2.45, 2.75) is 12.6 Å². The van der Waals surface area contributed by atoms with Gasteiger partial charge in [0.25, 0.3) is 5.91 Å². The number of rotatable bonds is 4. The van der Waals surface area contributed by atoms with Crippen LogP contribution in [0.15, 0.2) is 47.1 Å². The van der Waals surface area contributed by atoms with Crippen LogP contribution in [0.1, 0.15) is 17.4 Å². The van der Waals surface area contributed by atoms with Crippen molar-refractivity contribution in [2.75, 3.05) is 7.11 Å². The average Bonchev–Trinajstić information content (AvgIpc) is 3.00. The predicted molar refractivity (Wildman–Crippen MR) is 70.0 cm³/mol. The van der Waals surface area contributed by atoms with Crippen molar-refractivity contribution in [2.24, 2.45) is 0 Å². The number of hydrogen-bond donors (Lipinski definition) is 0. The van der Waals surface area contributed by atoms with E-state index in [1.54, 1.807) is 19.2 Å². The van der Waals surface area contributed by atoms with Gasteiger partial charge < -0.3 is 14.1 Å². The number of hydrogen-bond acceptors (Lipinski definition) is 4. The zero-order valence-electron chi connectivity index (χ0n) is 10.9. The second kappa shape index (κ2) is 4.85. The first kappa shape index (κ1) is 12.5. The molecule has 1 saturated heterocycles. The van der Waals surface area contributed by atoms with Crippen molar-refractivity contribution in [3.8, 4) is 5.75 Å². The summed E-state index contributed by atoms with van der Waals surface area (Å²) in [4.78, 5) is 24.9. The van der Waals surface area contributed by atoms with Crippen molar-refractivity contribution in [3.63, 3.8) is 0 Å². The molecule has 0 bridgehead atoms. The van der Waals surface area contributed by atoms with Crippen molar-refractivity contribution >= 4 is 11.7 Å². The number of carbonyl (C=O) groups is 2. The second-order valence-corrected chi connectivity index (χ2v) is 4.56. The molecule has 102 valence electrons. The Morgan fingerprint density at radius 2 is 1.95 bits per heavy atom. The molecule has 0 N–H and O–H groups in total. The van der Waals surface area contributed by atoms with Gasteiger partial charge >= 0.3 is 0 Å². The first-order valence-electron chi connectivity index (χ1n) is 6.22. The predicted octanol–water partition coefficient (Wildman–Crippen LogP) is 1.94. The second-order valence-electron chi connectivity index (χ2n) is 4.56. The summed E-state index contributed by atoms with van der Waals surface area (Å²) >= 11 is 0. The van der Waals surface area contributed by atoms with Crippen LogP contribution in [0, 0.1) is 0 Å². The molecule has 1 aliphatic heterocycles. The summed E-state index contributed by atoms with van der Waals surface area (Å²) in [7, 11) is 1.60. The van der Waals surface area contributed by atoms with E-state index in [0.717, 1.165) is 11.3 Å². The highest BCUT2D eigenvalue weighted by atomic mass is 16.5. The van der Waals surface area contributed by atoms with Gasteiger partial charge in [0.15, 0.2) is 6.04 Å². The third kappa shape index (κ3) is 1.97. The Morgan fingerprint density at radius 1 is 1.20 bits per heavy atom. The summed E-state index contributed by atoms with van der Waals surface area (Å²) in [6.07, 6.45) is 1.50. The van der Waals surface area contributed by atoms with Crippen LogP contribution in [0.2, 0.25) is 0 Å². The highest BCUT2D eigenvalue weighted by Crippen LogP contribution is 2.33. The van der Waals surface area contributed by atoms with Gasteiger partial charge in [0.05, 0.1) is 13.4 Å². The van der Waals surface area contributed by atoms with Crippen LogP contribution >= 0.6 is 0 Å². The fraction of sp³-hybridized carbons (Fsp3) is 0.200. The van der Waals surface area contributed by atoms with Gasteiger partial charge in [0.1, 0.15) is 11.5 Å². The monoisotopic (exact) mass is 271 g/mol. The lowest BCUT2D eigenvalue weighted by atomic mass is 9.96. The van der Waals surface area contributed by atoms with Crippen LogP contribution in [0.3, 0.4) is 0 Å². The average molecular weight is 271 g/mol. The zero-order valence-corrected chi connectivity index (χ0v) is 10.9. The molecular weight excluding hydrogens is 258 g/mol. The number of β-lactam (4-membered cyclic amide) rings is 1. The molecule has 5 nitrogen and oxygen atoms in total. The Hall–Kier alpha value is -2.56. The lowest BCUT2D eigenvalue weighted by Gasteiger charge is -2.37. The number of benzene rings is 1. The molecule has 5 heteroatoms. The Kier molecular flexibility index (Phi) is 3.02. The standard InChI is InChI=1S/C15H13NO4/c1-19-11-6-4-10(5-7-11)9-16-13(14(17)15(16)18)12-3-2-8-20-12/h2-8,13H,9H2,1H3/t13-/m0/s1. The fourth-order valence-corrected chi connectivity index (χ4v) is 2.27. The number of furan rings is 1. The fourth-order valence-electron chi connectivity index (χ4n) is 2.27. The van der Waals surface area contributed by atoms with E-state index in [4.69, 9.17) is 9.15 Å². The van der Waals surface area contributed by atoms with Gasteiger partial charge in [-0.2, -0.15) is 0 Å². The maximum atomic E-state index is 11.7. The maximum absolute atomic E-state index is 11.7. The number of ether oxygens (including phenoxy) is 1. The van der Waals surface area contributed by atoms with Gasteiger partial charge in [-0.15, -0.1) is 0 Å². The molecule has 1 aromatic carbocycles.